The molecule has 156 valence electrons. The Labute approximate surface area is 165 Å². The van der Waals surface area contributed by atoms with Crippen molar-refractivity contribution in [1.82, 2.24) is 20.4 Å². The van der Waals surface area contributed by atoms with Gasteiger partial charge in [0.15, 0.2) is 11.5 Å². The number of nitrogens with zero attached hydrogens (tertiary/aromatic N) is 2. The van der Waals surface area contributed by atoms with Gasteiger partial charge >= 0.3 is 6.03 Å². The molecule has 2 N–H and O–H groups in total. The van der Waals surface area contributed by atoms with Crippen molar-refractivity contribution >= 4 is 11.9 Å². The number of rotatable bonds is 7. The summed E-state index contributed by atoms with van der Waals surface area (Å²) in [5.74, 6) is 1.58. The van der Waals surface area contributed by atoms with Gasteiger partial charge in [-0.2, -0.15) is 0 Å². The zero-order valence-electron chi connectivity index (χ0n) is 17.2. The molecule has 0 aliphatic carbocycles. The lowest BCUT2D eigenvalue weighted by Gasteiger charge is -2.37. The number of amides is 3. The fourth-order valence-electron chi connectivity index (χ4n) is 3.28. The lowest BCUT2D eigenvalue weighted by Crippen LogP contribution is -2.55. The molecule has 1 saturated heterocycles. The first kappa shape index (κ1) is 21.8. The van der Waals surface area contributed by atoms with Crippen LogP contribution in [0.15, 0.2) is 12.1 Å². The Hall–Kier alpha value is -2.52. The molecule has 0 unspecified atom stereocenters. The monoisotopic (exact) mass is 394 g/mol. The van der Waals surface area contributed by atoms with Crippen LogP contribution in [0.4, 0.5) is 4.79 Å². The number of benzene rings is 1. The average molecular weight is 394 g/mol. The van der Waals surface area contributed by atoms with Crippen LogP contribution in [0.1, 0.15) is 12.5 Å². The highest BCUT2D eigenvalue weighted by Gasteiger charge is 2.27. The molecule has 0 radical (unpaired) electrons. The molecule has 1 aromatic carbocycles. The van der Waals surface area contributed by atoms with E-state index in [2.05, 4.69) is 20.4 Å². The van der Waals surface area contributed by atoms with Gasteiger partial charge in [-0.3, -0.25) is 19.9 Å². The summed E-state index contributed by atoms with van der Waals surface area (Å²) in [6.45, 7) is 5.58. The molecule has 0 spiro atoms. The van der Waals surface area contributed by atoms with Gasteiger partial charge in [0.1, 0.15) is 0 Å². The van der Waals surface area contributed by atoms with Gasteiger partial charge in [-0.15, -0.1) is 0 Å². The Bertz CT molecular complexity index is 689. The summed E-state index contributed by atoms with van der Waals surface area (Å²) in [5.41, 5.74) is 1.01. The van der Waals surface area contributed by atoms with E-state index in [-0.39, 0.29) is 11.9 Å². The Morgan fingerprint density at radius 3 is 2.21 bits per heavy atom. The van der Waals surface area contributed by atoms with Crippen molar-refractivity contribution in [3.05, 3.63) is 17.7 Å². The molecule has 28 heavy (non-hydrogen) atoms. The fourth-order valence-corrected chi connectivity index (χ4v) is 3.28. The van der Waals surface area contributed by atoms with Gasteiger partial charge in [0.2, 0.25) is 11.7 Å². The highest BCUT2D eigenvalue weighted by Crippen LogP contribution is 2.40. The molecule has 0 saturated carbocycles. The summed E-state index contributed by atoms with van der Waals surface area (Å²) in [5, 5.41) is 4.72. The van der Waals surface area contributed by atoms with Gasteiger partial charge in [-0.1, -0.05) is 6.07 Å². The molecule has 1 aliphatic rings. The third-order valence-electron chi connectivity index (χ3n) is 4.98. The topological polar surface area (TPSA) is 92.4 Å². The second kappa shape index (κ2) is 10.1. The molecule has 2 rings (SSSR count). The maximum absolute atomic E-state index is 12.1. The maximum atomic E-state index is 12.1. The van der Waals surface area contributed by atoms with E-state index in [4.69, 9.17) is 14.2 Å². The number of carbonyl (C=O) groups is 2. The molecule has 1 atom stereocenters. The summed E-state index contributed by atoms with van der Waals surface area (Å²) in [6, 6.07) is 3.00. The van der Waals surface area contributed by atoms with Crippen LogP contribution >= 0.6 is 0 Å². The second-order valence-electron chi connectivity index (χ2n) is 6.55. The van der Waals surface area contributed by atoms with Crippen molar-refractivity contribution in [3.8, 4) is 17.2 Å². The van der Waals surface area contributed by atoms with Gasteiger partial charge in [-0.05, 0) is 13.0 Å². The third-order valence-corrected chi connectivity index (χ3v) is 4.98. The Morgan fingerprint density at radius 1 is 1.04 bits per heavy atom. The minimum absolute atomic E-state index is 0.297. The number of nitrogens with one attached hydrogen (secondary N) is 2. The van der Waals surface area contributed by atoms with Crippen molar-refractivity contribution in [2.24, 2.45) is 0 Å². The minimum Gasteiger partial charge on any atom is -0.493 e. The maximum Gasteiger partial charge on any atom is 0.321 e. The number of imide groups is 1. The number of hydrogen-bond donors (Lipinski definition) is 2. The van der Waals surface area contributed by atoms with Crippen molar-refractivity contribution in [1.29, 1.82) is 0 Å². The van der Waals surface area contributed by atoms with Crippen LogP contribution in [0, 0.1) is 0 Å². The first-order chi connectivity index (χ1) is 13.4. The smallest absolute Gasteiger partial charge is 0.321 e. The van der Waals surface area contributed by atoms with Gasteiger partial charge < -0.3 is 19.5 Å². The molecule has 1 aliphatic heterocycles. The van der Waals surface area contributed by atoms with E-state index in [9.17, 15) is 9.59 Å². The van der Waals surface area contributed by atoms with Crippen molar-refractivity contribution in [2.75, 3.05) is 54.6 Å². The molecular weight excluding hydrogens is 364 g/mol. The predicted octanol–water partition coefficient (Wildman–Crippen LogP) is 0.674. The first-order valence-electron chi connectivity index (χ1n) is 9.21. The second-order valence-corrected chi connectivity index (χ2v) is 6.55. The lowest BCUT2D eigenvalue weighted by atomic mass is 10.1. The molecule has 9 heteroatoms. The lowest BCUT2D eigenvalue weighted by molar-refractivity contribution is -0.125. The zero-order valence-corrected chi connectivity index (χ0v) is 17.2. The van der Waals surface area contributed by atoms with Crippen LogP contribution in [-0.4, -0.2) is 82.3 Å². The number of urea groups is 1. The summed E-state index contributed by atoms with van der Waals surface area (Å²) in [6.07, 6.45) is 0. The van der Waals surface area contributed by atoms with Gasteiger partial charge in [0, 0.05) is 45.3 Å². The Kier molecular flexibility index (Phi) is 7.89. The molecule has 1 heterocycles. The minimum atomic E-state index is -0.490. The van der Waals surface area contributed by atoms with Crippen molar-refractivity contribution in [2.45, 2.75) is 19.5 Å². The third kappa shape index (κ3) is 5.05. The van der Waals surface area contributed by atoms with E-state index in [1.165, 1.54) is 7.05 Å². The van der Waals surface area contributed by atoms with Crippen LogP contribution in [0.25, 0.3) is 0 Å². The summed E-state index contributed by atoms with van der Waals surface area (Å²) in [4.78, 5) is 27.8. The molecule has 1 aromatic rings. The Morgan fingerprint density at radius 2 is 1.68 bits per heavy atom. The van der Waals surface area contributed by atoms with E-state index in [1.807, 2.05) is 19.1 Å². The van der Waals surface area contributed by atoms with Crippen LogP contribution in [0.2, 0.25) is 0 Å². The summed E-state index contributed by atoms with van der Waals surface area (Å²) < 4.78 is 16.3. The highest BCUT2D eigenvalue weighted by atomic mass is 16.5. The van der Waals surface area contributed by atoms with Crippen molar-refractivity contribution in [3.63, 3.8) is 0 Å². The predicted molar refractivity (Wildman–Crippen MR) is 105 cm³/mol. The number of methoxy groups -OCH3 is 3. The molecule has 0 aromatic heterocycles. The number of hydrogen-bond acceptors (Lipinski definition) is 7. The molecule has 0 bridgehead atoms. The van der Waals surface area contributed by atoms with E-state index >= 15 is 0 Å². The molecule has 3 amide bonds. The summed E-state index contributed by atoms with van der Waals surface area (Å²) in [7, 11) is 6.28. The van der Waals surface area contributed by atoms with Crippen LogP contribution < -0.4 is 24.8 Å². The number of carbonyl (C=O) groups excluding carboxylic acids is 2. The van der Waals surface area contributed by atoms with E-state index in [1.54, 1.807) is 21.3 Å². The highest BCUT2D eigenvalue weighted by molar-refractivity contribution is 5.96. The van der Waals surface area contributed by atoms with E-state index in [0.717, 1.165) is 31.7 Å². The normalized spacial score (nSPS) is 16.2. The van der Waals surface area contributed by atoms with Gasteiger partial charge in [-0.25, -0.2) is 4.79 Å². The largest absolute Gasteiger partial charge is 0.493 e. The van der Waals surface area contributed by atoms with E-state index < -0.39 is 6.03 Å². The SMILES string of the molecule is CNC(=O)NC(=O)[C@H](C)N1CCN(Cc2ccc(OC)c(OC)c2OC)CC1. The quantitative estimate of drug-likeness (QED) is 0.702. The van der Waals surface area contributed by atoms with Gasteiger partial charge in [0.05, 0.1) is 27.4 Å². The van der Waals surface area contributed by atoms with Crippen molar-refractivity contribution < 1.29 is 23.8 Å². The van der Waals surface area contributed by atoms with Crippen LogP contribution in [-0.2, 0) is 11.3 Å². The Balaban J connectivity index is 1.97. The average Bonchev–Trinajstić information content (AvgIpc) is 2.72. The zero-order chi connectivity index (χ0) is 20.7. The molecular formula is C19H30N4O5. The van der Waals surface area contributed by atoms with Crippen LogP contribution in [0.5, 0.6) is 17.2 Å². The van der Waals surface area contributed by atoms with Crippen LogP contribution in [0.3, 0.4) is 0 Å². The number of ether oxygens (including phenoxy) is 3. The van der Waals surface area contributed by atoms with Gasteiger partial charge in [0.25, 0.3) is 0 Å². The fraction of sp³-hybridized carbons (Fsp3) is 0.579. The summed E-state index contributed by atoms with van der Waals surface area (Å²) >= 11 is 0. The number of piperazine rings is 1. The molecule has 9 nitrogen and oxygen atoms in total. The van der Waals surface area contributed by atoms with E-state index in [0.29, 0.717) is 23.8 Å². The standard InChI is InChI=1S/C19H30N4O5/c1-13(18(24)21-19(25)20-2)23-10-8-22(9-11-23)12-14-6-7-15(26-3)17(28-5)16(14)27-4/h6-7,13H,8-12H2,1-5H3,(H2,20,21,24,25)/t13-/m0/s1. The molecule has 1 fully saturated rings. The first-order valence-corrected chi connectivity index (χ1v) is 9.21.